The molecule has 4 radical (unpaired) electrons. The average molecular weight is 462 g/mol. The summed E-state index contributed by atoms with van der Waals surface area (Å²) in [6.45, 7) is -1.02. The van der Waals surface area contributed by atoms with Crippen LogP contribution in [0.15, 0.2) is 0 Å². The normalized spacial score (nSPS) is 41.9. The molecule has 0 bridgehead atoms. The highest BCUT2D eigenvalue weighted by molar-refractivity contribution is 7.47. The molecule has 0 saturated carbocycles. The predicted octanol–water partition coefficient (Wildman–Crippen LogP) is -0.270. The number of rotatable bonds is 10. The van der Waals surface area contributed by atoms with Gasteiger partial charge in [0.25, 0.3) is 0 Å². The summed E-state index contributed by atoms with van der Waals surface area (Å²) in [6, 6.07) is -2.97. The molecule has 0 aromatic rings. The lowest BCUT2D eigenvalue weighted by Gasteiger charge is -2.24. The maximum Gasteiger partial charge on any atom is 0.472 e. The second-order valence-electron chi connectivity index (χ2n) is 6.18. The maximum absolute atomic E-state index is 14.1. The van der Waals surface area contributed by atoms with E-state index in [2.05, 4.69) is 9.05 Å². The van der Waals surface area contributed by atoms with Crippen molar-refractivity contribution < 1.29 is 60.0 Å². The third-order valence-electron chi connectivity index (χ3n) is 4.13. The Bertz CT molecular complexity index is 649. The molecule has 10 atom stereocenters. The standard InChI is InChI=1S/C12H20B2F2O11P2/c1-21-3-5-9(7(15)11(13)24-5)27-29(19,20)23-4-6-10(8(16)12(14)25-6)26-28(17,18)22-2/h5-12H,3-4H2,1-2H3,(H,17,18)(H,19,20)/t5?,6?,7?,8?,9-,10-,11+,12+/m0/s1. The minimum Gasteiger partial charge on any atom is -0.382 e. The summed E-state index contributed by atoms with van der Waals surface area (Å²) in [4.78, 5) is 19.2. The van der Waals surface area contributed by atoms with Crippen LogP contribution in [0, 0.1) is 0 Å². The zero-order chi connectivity index (χ0) is 22.0. The van der Waals surface area contributed by atoms with Gasteiger partial charge in [0.15, 0.2) is 0 Å². The van der Waals surface area contributed by atoms with Crippen LogP contribution in [-0.2, 0) is 41.4 Å². The molecule has 0 spiro atoms. The van der Waals surface area contributed by atoms with Crippen molar-refractivity contribution in [3.8, 4) is 0 Å². The Morgan fingerprint density at radius 2 is 1.34 bits per heavy atom. The monoisotopic (exact) mass is 462 g/mol. The highest BCUT2D eigenvalue weighted by Gasteiger charge is 2.50. The minimum absolute atomic E-state index is 0.179. The summed E-state index contributed by atoms with van der Waals surface area (Å²) < 4.78 is 85.1. The number of hydrogen-bond acceptors (Lipinski definition) is 9. The molecule has 164 valence electrons. The van der Waals surface area contributed by atoms with Crippen molar-refractivity contribution in [3.63, 3.8) is 0 Å². The van der Waals surface area contributed by atoms with Gasteiger partial charge in [-0.05, 0) is 0 Å². The Morgan fingerprint density at radius 1 is 0.897 bits per heavy atom. The predicted molar refractivity (Wildman–Crippen MR) is 92.9 cm³/mol. The first-order chi connectivity index (χ1) is 13.4. The number of hydrogen-bond donors (Lipinski definition) is 2. The van der Waals surface area contributed by atoms with Crippen molar-refractivity contribution in [1.29, 1.82) is 0 Å². The smallest absolute Gasteiger partial charge is 0.382 e. The van der Waals surface area contributed by atoms with Crippen LogP contribution in [0.2, 0.25) is 0 Å². The van der Waals surface area contributed by atoms with Gasteiger partial charge in [0, 0.05) is 14.2 Å². The number of phosphoric acid groups is 2. The summed E-state index contributed by atoms with van der Waals surface area (Å²) in [5.74, 6) is 0. The van der Waals surface area contributed by atoms with Crippen LogP contribution in [-0.4, -0.2) is 102 Å². The van der Waals surface area contributed by atoms with E-state index in [-0.39, 0.29) is 6.61 Å². The molecule has 17 heteroatoms. The van der Waals surface area contributed by atoms with Crippen LogP contribution in [0.25, 0.3) is 0 Å². The Balaban J connectivity index is 2.00. The van der Waals surface area contributed by atoms with Gasteiger partial charge in [0.2, 0.25) is 0 Å². The number of alkyl halides is 2. The third kappa shape index (κ3) is 6.54. The van der Waals surface area contributed by atoms with Crippen molar-refractivity contribution in [3.05, 3.63) is 0 Å². The molecule has 2 N–H and O–H groups in total. The van der Waals surface area contributed by atoms with Crippen LogP contribution in [0.3, 0.4) is 0 Å². The molecule has 0 aliphatic carbocycles. The van der Waals surface area contributed by atoms with E-state index in [1.54, 1.807) is 0 Å². The zero-order valence-electron chi connectivity index (χ0n) is 15.4. The van der Waals surface area contributed by atoms with E-state index in [0.29, 0.717) is 0 Å². The fourth-order valence-electron chi connectivity index (χ4n) is 2.73. The van der Waals surface area contributed by atoms with Crippen molar-refractivity contribution in [2.24, 2.45) is 0 Å². The SMILES string of the molecule is [B][C@@H]1OC(COP(=O)(O)O[C@H]2C(COC)O[C@@H]([B])C2F)[C@H](OP(=O)(O)OC)C1F. The van der Waals surface area contributed by atoms with Crippen LogP contribution in [0.1, 0.15) is 0 Å². The molecule has 2 aliphatic rings. The molecular formula is C12H20B2F2O11P2. The zero-order valence-corrected chi connectivity index (χ0v) is 17.2. The molecule has 0 aromatic carbocycles. The van der Waals surface area contributed by atoms with Crippen LogP contribution >= 0.6 is 15.6 Å². The lowest BCUT2D eigenvalue weighted by molar-refractivity contribution is -0.0337. The van der Waals surface area contributed by atoms with Gasteiger partial charge in [-0.15, -0.1) is 0 Å². The topological polar surface area (TPSA) is 139 Å². The van der Waals surface area contributed by atoms with Crippen LogP contribution in [0.5, 0.6) is 0 Å². The van der Waals surface area contributed by atoms with E-state index in [9.17, 15) is 27.7 Å². The lowest BCUT2D eigenvalue weighted by atomic mass is 9.94. The van der Waals surface area contributed by atoms with Crippen molar-refractivity contribution in [1.82, 2.24) is 0 Å². The quantitative estimate of drug-likeness (QED) is 0.328. The van der Waals surface area contributed by atoms with Gasteiger partial charge in [-0.3, -0.25) is 18.1 Å². The van der Waals surface area contributed by atoms with Gasteiger partial charge in [0.05, 0.1) is 25.2 Å². The Kier molecular flexibility index (Phi) is 8.86. The van der Waals surface area contributed by atoms with Crippen molar-refractivity contribution in [2.75, 3.05) is 27.4 Å². The van der Waals surface area contributed by atoms with E-state index < -0.39 is 71.0 Å². The second kappa shape index (κ2) is 10.1. The molecule has 6 unspecified atom stereocenters. The molecule has 0 aromatic heterocycles. The number of phosphoric ester groups is 2. The molecule has 2 fully saturated rings. The van der Waals surface area contributed by atoms with E-state index >= 15 is 0 Å². The summed E-state index contributed by atoms with van der Waals surface area (Å²) in [6.07, 6.45) is -9.92. The second-order valence-corrected chi connectivity index (χ2v) is 9.10. The number of ether oxygens (including phenoxy) is 3. The first-order valence-electron chi connectivity index (χ1n) is 8.22. The highest BCUT2D eigenvalue weighted by Crippen LogP contribution is 2.50. The van der Waals surface area contributed by atoms with Gasteiger partial charge in [-0.25, -0.2) is 17.9 Å². The van der Waals surface area contributed by atoms with E-state index in [0.717, 1.165) is 7.11 Å². The third-order valence-corrected chi connectivity index (χ3v) is 6.08. The summed E-state index contributed by atoms with van der Waals surface area (Å²) >= 11 is 0. The van der Waals surface area contributed by atoms with Crippen LogP contribution in [0.4, 0.5) is 8.78 Å². The fourth-order valence-corrected chi connectivity index (χ4v) is 4.33. The maximum atomic E-state index is 14.1. The summed E-state index contributed by atoms with van der Waals surface area (Å²) in [5.41, 5.74) is 0. The molecule has 0 amide bonds. The summed E-state index contributed by atoms with van der Waals surface area (Å²) in [5, 5.41) is 0. The lowest BCUT2D eigenvalue weighted by Crippen LogP contribution is -2.36. The Morgan fingerprint density at radius 3 is 1.79 bits per heavy atom. The van der Waals surface area contributed by atoms with Crippen molar-refractivity contribution >= 4 is 31.3 Å². The van der Waals surface area contributed by atoms with Gasteiger partial charge in [0.1, 0.15) is 52.5 Å². The first kappa shape index (κ1) is 25.4. The van der Waals surface area contributed by atoms with Gasteiger partial charge in [-0.2, -0.15) is 0 Å². The average Bonchev–Trinajstić information content (AvgIpc) is 3.05. The van der Waals surface area contributed by atoms with E-state index in [1.165, 1.54) is 7.11 Å². The van der Waals surface area contributed by atoms with Gasteiger partial charge >= 0.3 is 15.6 Å². The largest absolute Gasteiger partial charge is 0.472 e. The molecule has 2 rings (SSSR count). The molecule has 2 aliphatic heterocycles. The van der Waals surface area contributed by atoms with E-state index in [1.807, 2.05) is 0 Å². The highest BCUT2D eigenvalue weighted by atomic mass is 31.2. The van der Waals surface area contributed by atoms with Gasteiger partial charge in [-0.1, -0.05) is 0 Å². The van der Waals surface area contributed by atoms with Crippen LogP contribution < -0.4 is 0 Å². The molecule has 29 heavy (non-hydrogen) atoms. The minimum atomic E-state index is -4.94. The Labute approximate surface area is 168 Å². The molecule has 2 saturated heterocycles. The molecular weight excluding hydrogens is 442 g/mol. The van der Waals surface area contributed by atoms with Crippen molar-refractivity contribution in [2.45, 2.75) is 48.8 Å². The number of halogens is 2. The van der Waals surface area contributed by atoms with E-state index in [4.69, 9.17) is 39.0 Å². The summed E-state index contributed by atoms with van der Waals surface area (Å²) in [7, 11) is 3.35. The Hall–Kier alpha value is 0.0899. The number of methoxy groups -OCH3 is 1. The molecule has 2 heterocycles. The molecule has 11 nitrogen and oxygen atoms in total. The van der Waals surface area contributed by atoms with Gasteiger partial charge < -0.3 is 24.0 Å². The fraction of sp³-hybridized carbons (Fsp3) is 1.00. The first-order valence-corrected chi connectivity index (χ1v) is 11.2.